The van der Waals surface area contributed by atoms with Gasteiger partial charge in [-0.15, -0.1) is 0 Å². The van der Waals surface area contributed by atoms with E-state index in [1.54, 1.807) is 20.8 Å². The summed E-state index contributed by atoms with van der Waals surface area (Å²) in [6, 6.07) is 4.76. The molecule has 0 amide bonds. The van der Waals surface area contributed by atoms with Crippen molar-refractivity contribution in [2.45, 2.75) is 59.0 Å². The maximum Gasteiger partial charge on any atom is 0.306 e. The molecular formula is C17H23FO3. The number of carbonyl (C=O) groups excluding carboxylic acids is 2. The van der Waals surface area contributed by atoms with Crippen LogP contribution in [-0.4, -0.2) is 17.4 Å². The van der Waals surface area contributed by atoms with Gasteiger partial charge >= 0.3 is 5.97 Å². The summed E-state index contributed by atoms with van der Waals surface area (Å²) < 4.78 is 18.4. The fourth-order valence-corrected chi connectivity index (χ4v) is 2.00. The summed E-state index contributed by atoms with van der Waals surface area (Å²) in [5.41, 5.74) is 1.11. The Bertz CT molecular complexity index is 495. The molecule has 1 rings (SSSR count). The van der Waals surface area contributed by atoms with E-state index in [0.29, 0.717) is 12.8 Å². The first kappa shape index (κ1) is 17.3. The van der Waals surface area contributed by atoms with Crippen molar-refractivity contribution in [2.75, 3.05) is 0 Å². The Balaban J connectivity index is 2.36. The van der Waals surface area contributed by atoms with Crippen molar-refractivity contribution in [1.82, 2.24) is 0 Å². The minimum absolute atomic E-state index is 0.0113. The Morgan fingerprint density at radius 3 is 2.33 bits per heavy atom. The van der Waals surface area contributed by atoms with Crippen LogP contribution >= 0.6 is 0 Å². The third kappa shape index (κ3) is 7.59. The molecule has 0 heterocycles. The van der Waals surface area contributed by atoms with Crippen LogP contribution in [0.3, 0.4) is 0 Å². The number of ether oxygens (including phenoxy) is 1. The molecule has 3 nitrogen and oxygen atoms in total. The van der Waals surface area contributed by atoms with Gasteiger partial charge in [0.2, 0.25) is 0 Å². The number of benzene rings is 1. The van der Waals surface area contributed by atoms with Crippen LogP contribution in [0.2, 0.25) is 0 Å². The third-order valence-electron chi connectivity index (χ3n) is 2.82. The number of aryl methyl sites for hydroxylation is 2. The molecule has 0 radical (unpaired) electrons. The zero-order valence-corrected chi connectivity index (χ0v) is 13.2. The second-order valence-corrected chi connectivity index (χ2v) is 6.26. The van der Waals surface area contributed by atoms with E-state index in [-0.39, 0.29) is 30.4 Å². The maximum atomic E-state index is 13.2. The largest absolute Gasteiger partial charge is 0.460 e. The zero-order chi connectivity index (χ0) is 16.0. The lowest BCUT2D eigenvalue weighted by molar-refractivity contribution is -0.155. The Labute approximate surface area is 125 Å². The number of Topliss-reactive ketones (excluding diaryl/α,β-unsaturated/α-hetero) is 1. The summed E-state index contributed by atoms with van der Waals surface area (Å²) in [5.74, 6) is -0.661. The molecule has 1 aromatic rings. The smallest absolute Gasteiger partial charge is 0.306 e. The summed E-state index contributed by atoms with van der Waals surface area (Å²) in [5, 5.41) is 0. The maximum absolute atomic E-state index is 13.2. The van der Waals surface area contributed by atoms with Crippen LogP contribution in [0.5, 0.6) is 0 Å². The highest BCUT2D eigenvalue weighted by Gasteiger charge is 2.17. The predicted molar refractivity (Wildman–Crippen MR) is 79.5 cm³/mol. The quantitative estimate of drug-likeness (QED) is 0.750. The predicted octanol–water partition coefficient (Wildman–Crippen LogP) is 3.76. The van der Waals surface area contributed by atoms with Gasteiger partial charge in [0.15, 0.2) is 0 Å². The molecule has 0 saturated carbocycles. The molecular weight excluding hydrogens is 271 g/mol. The van der Waals surface area contributed by atoms with Crippen molar-refractivity contribution < 1.29 is 18.7 Å². The van der Waals surface area contributed by atoms with Gasteiger partial charge in [0.25, 0.3) is 0 Å². The van der Waals surface area contributed by atoms with Crippen molar-refractivity contribution >= 4 is 11.8 Å². The van der Waals surface area contributed by atoms with Crippen LogP contribution < -0.4 is 0 Å². The second-order valence-electron chi connectivity index (χ2n) is 6.26. The van der Waals surface area contributed by atoms with Gasteiger partial charge in [0.05, 0.1) is 6.42 Å². The van der Waals surface area contributed by atoms with Gasteiger partial charge in [-0.25, -0.2) is 4.39 Å². The molecule has 0 spiro atoms. The van der Waals surface area contributed by atoms with Crippen LogP contribution in [0.15, 0.2) is 18.2 Å². The lowest BCUT2D eigenvalue weighted by Crippen LogP contribution is -2.24. The molecule has 0 unspecified atom stereocenters. The van der Waals surface area contributed by atoms with Crippen molar-refractivity contribution in [3.8, 4) is 0 Å². The fraction of sp³-hybridized carbons (Fsp3) is 0.529. The van der Waals surface area contributed by atoms with E-state index in [2.05, 4.69) is 0 Å². The Kier molecular flexibility index (Phi) is 6.06. The van der Waals surface area contributed by atoms with Crippen LogP contribution in [-0.2, 0) is 20.7 Å². The Morgan fingerprint density at radius 2 is 1.76 bits per heavy atom. The van der Waals surface area contributed by atoms with E-state index < -0.39 is 5.60 Å². The van der Waals surface area contributed by atoms with Gasteiger partial charge in [0.1, 0.15) is 17.2 Å². The first-order valence-electron chi connectivity index (χ1n) is 7.15. The number of halogens is 1. The number of hydrogen-bond acceptors (Lipinski definition) is 3. The monoisotopic (exact) mass is 294 g/mol. The highest BCUT2D eigenvalue weighted by molar-refractivity contribution is 5.83. The zero-order valence-electron chi connectivity index (χ0n) is 13.2. The van der Waals surface area contributed by atoms with Gasteiger partial charge in [-0.2, -0.15) is 0 Å². The molecule has 21 heavy (non-hydrogen) atoms. The molecule has 116 valence electrons. The summed E-state index contributed by atoms with van der Waals surface area (Å²) in [4.78, 5) is 23.3. The van der Waals surface area contributed by atoms with Gasteiger partial charge in [-0.3, -0.25) is 9.59 Å². The first-order valence-corrected chi connectivity index (χ1v) is 7.15. The van der Waals surface area contributed by atoms with Crippen molar-refractivity contribution in [1.29, 1.82) is 0 Å². The van der Waals surface area contributed by atoms with Gasteiger partial charge in [-0.1, -0.05) is 6.07 Å². The molecule has 0 aliphatic carbocycles. The second kappa shape index (κ2) is 7.34. The number of hydrogen-bond donors (Lipinski definition) is 0. The normalized spacial score (nSPS) is 11.3. The Morgan fingerprint density at radius 1 is 1.10 bits per heavy atom. The molecule has 0 saturated heterocycles. The number of carbonyl (C=O) groups is 2. The van der Waals surface area contributed by atoms with Crippen molar-refractivity contribution in [3.63, 3.8) is 0 Å². The van der Waals surface area contributed by atoms with E-state index >= 15 is 0 Å². The molecule has 0 aliphatic heterocycles. The third-order valence-corrected chi connectivity index (χ3v) is 2.82. The van der Waals surface area contributed by atoms with Gasteiger partial charge in [0, 0.05) is 12.8 Å². The number of rotatable bonds is 6. The summed E-state index contributed by atoms with van der Waals surface area (Å²) >= 11 is 0. The summed E-state index contributed by atoms with van der Waals surface area (Å²) in [6.07, 6.45) is 1.07. The van der Waals surface area contributed by atoms with Crippen LogP contribution in [0, 0.1) is 12.7 Å². The van der Waals surface area contributed by atoms with E-state index in [9.17, 15) is 14.0 Å². The molecule has 4 heteroatoms. The van der Waals surface area contributed by atoms with Crippen LogP contribution in [0.1, 0.15) is 51.2 Å². The molecule has 0 N–H and O–H groups in total. The molecule has 0 aromatic heterocycles. The highest BCUT2D eigenvalue weighted by atomic mass is 19.1. The summed E-state index contributed by atoms with van der Waals surface area (Å²) in [7, 11) is 0. The van der Waals surface area contributed by atoms with E-state index in [1.807, 2.05) is 13.0 Å². The first-order chi connectivity index (χ1) is 9.65. The van der Waals surface area contributed by atoms with E-state index in [4.69, 9.17) is 4.74 Å². The average molecular weight is 294 g/mol. The van der Waals surface area contributed by atoms with Crippen molar-refractivity contribution in [2.24, 2.45) is 0 Å². The number of esters is 1. The van der Waals surface area contributed by atoms with E-state index in [0.717, 1.165) is 11.1 Å². The van der Waals surface area contributed by atoms with E-state index in [1.165, 1.54) is 12.1 Å². The van der Waals surface area contributed by atoms with Gasteiger partial charge < -0.3 is 4.74 Å². The molecule has 1 aromatic carbocycles. The highest BCUT2D eigenvalue weighted by Crippen LogP contribution is 2.13. The van der Waals surface area contributed by atoms with Crippen LogP contribution in [0.4, 0.5) is 4.39 Å². The topological polar surface area (TPSA) is 43.4 Å². The number of ketones is 1. The van der Waals surface area contributed by atoms with Gasteiger partial charge in [-0.05, 0) is 57.4 Å². The molecule has 0 fully saturated rings. The molecule has 0 bridgehead atoms. The molecule has 0 atom stereocenters. The minimum atomic E-state index is -0.529. The lowest BCUT2D eigenvalue weighted by Gasteiger charge is -2.19. The fourth-order valence-electron chi connectivity index (χ4n) is 2.00. The average Bonchev–Trinajstić information content (AvgIpc) is 2.30. The lowest BCUT2D eigenvalue weighted by atomic mass is 10.0. The minimum Gasteiger partial charge on any atom is -0.460 e. The summed E-state index contributed by atoms with van der Waals surface area (Å²) in [6.45, 7) is 7.19. The van der Waals surface area contributed by atoms with Crippen molar-refractivity contribution in [3.05, 3.63) is 35.1 Å². The van der Waals surface area contributed by atoms with Crippen LogP contribution in [0.25, 0.3) is 0 Å². The molecule has 0 aliphatic rings. The Hall–Kier alpha value is -1.71. The standard InChI is InChI=1S/C17H23FO3/c1-12-9-13(11-14(18)10-12)5-6-15(19)7-8-16(20)21-17(2,3)4/h9-11H,5-8H2,1-4H3. The SMILES string of the molecule is Cc1cc(F)cc(CCC(=O)CCC(=O)OC(C)(C)C)c1.